The SMILES string of the molecule is Cc1nc(Nc2ccc(NC(=O)c3ccc([N+](=O)[O-])cc3)cc2)cc(N2CCOCC2)n1. The zero-order chi connectivity index (χ0) is 22.5. The summed E-state index contributed by atoms with van der Waals surface area (Å²) < 4.78 is 5.40. The molecule has 4 rings (SSSR count). The zero-order valence-corrected chi connectivity index (χ0v) is 17.4. The van der Waals surface area contributed by atoms with Crippen molar-refractivity contribution in [3.05, 3.63) is 76.1 Å². The fraction of sp³-hybridized carbons (Fsp3) is 0.227. The number of rotatable bonds is 6. The summed E-state index contributed by atoms with van der Waals surface area (Å²) in [5.74, 6) is 1.86. The van der Waals surface area contributed by atoms with Crippen LogP contribution in [0.3, 0.4) is 0 Å². The number of aryl methyl sites for hydroxylation is 1. The van der Waals surface area contributed by atoms with Gasteiger partial charge in [-0.05, 0) is 43.3 Å². The lowest BCUT2D eigenvalue weighted by Gasteiger charge is -2.28. The number of nitrogens with zero attached hydrogens (tertiary/aromatic N) is 4. The van der Waals surface area contributed by atoms with Crippen molar-refractivity contribution >= 4 is 34.6 Å². The number of nitrogens with one attached hydrogen (secondary N) is 2. The Morgan fingerprint density at radius 1 is 1.03 bits per heavy atom. The van der Waals surface area contributed by atoms with E-state index in [0.717, 1.165) is 24.6 Å². The number of aromatic nitrogens is 2. The third-order valence-electron chi connectivity index (χ3n) is 4.91. The van der Waals surface area contributed by atoms with E-state index in [1.165, 1.54) is 24.3 Å². The van der Waals surface area contributed by atoms with E-state index in [-0.39, 0.29) is 11.6 Å². The van der Waals surface area contributed by atoms with E-state index in [1.54, 1.807) is 12.1 Å². The minimum absolute atomic E-state index is 0.0614. The summed E-state index contributed by atoms with van der Waals surface area (Å²) in [6, 6.07) is 14.6. The van der Waals surface area contributed by atoms with Crippen LogP contribution in [0, 0.1) is 17.0 Å². The summed E-state index contributed by atoms with van der Waals surface area (Å²) in [4.78, 5) is 33.8. The van der Waals surface area contributed by atoms with E-state index in [1.807, 2.05) is 25.1 Å². The maximum atomic E-state index is 12.4. The monoisotopic (exact) mass is 434 g/mol. The van der Waals surface area contributed by atoms with Crippen LogP contribution in [0.5, 0.6) is 0 Å². The van der Waals surface area contributed by atoms with Crippen molar-refractivity contribution in [2.75, 3.05) is 41.8 Å². The van der Waals surface area contributed by atoms with Crippen molar-refractivity contribution < 1.29 is 14.5 Å². The molecule has 32 heavy (non-hydrogen) atoms. The molecule has 1 aliphatic rings. The lowest BCUT2D eigenvalue weighted by molar-refractivity contribution is -0.384. The molecule has 1 amide bonds. The van der Waals surface area contributed by atoms with Crippen LogP contribution in [0.4, 0.5) is 28.7 Å². The number of benzene rings is 2. The molecule has 2 N–H and O–H groups in total. The fourth-order valence-electron chi connectivity index (χ4n) is 3.29. The second-order valence-corrected chi connectivity index (χ2v) is 7.22. The molecule has 0 saturated carbocycles. The quantitative estimate of drug-likeness (QED) is 0.446. The molecule has 0 radical (unpaired) electrons. The summed E-state index contributed by atoms with van der Waals surface area (Å²) in [7, 11) is 0. The molecule has 2 heterocycles. The first-order valence-electron chi connectivity index (χ1n) is 10.1. The van der Waals surface area contributed by atoms with Crippen molar-refractivity contribution in [3.63, 3.8) is 0 Å². The average molecular weight is 434 g/mol. The number of ether oxygens (including phenoxy) is 1. The van der Waals surface area contributed by atoms with Crippen molar-refractivity contribution in [2.24, 2.45) is 0 Å². The van der Waals surface area contributed by atoms with Gasteiger partial charge in [-0.2, -0.15) is 0 Å². The van der Waals surface area contributed by atoms with E-state index in [9.17, 15) is 14.9 Å². The maximum Gasteiger partial charge on any atom is 0.269 e. The van der Waals surface area contributed by atoms with Crippen LogP contribution in [0.1, 0.15) is 16.2 Å². The van der Waals surface area contributed by atoms with Crippen molar-refractivity contribution in [2.45, 2.75) is 6.92 Å². The predicted molar refractivity (Wildman–Crippen MR) is 121 cm³/mol. The van der Waals surface area contributed by atoms with Crippen LogP contribution in [-0.2, 0) is 4.74 Å². The largest absolute Gasteiger partial charge is 0.378 e. The standard InChI is InChI=1S/C22H22N6O4/c1-15-23-20(14-21(24-15)27-10-12-32-13-11-27)25-17-4-6-18(7-5-17)26-22(29)16-2-8-19(9-3-16)28(30)31/h2-9,14H,10-13H2,1H3,(H,26,29)(H,23,24,25). The van der Waals surface area contributed by atoms with Gasteiger partial charge in [0.15, 0.2) is 0 Å². The number of hydrogen-bond acceptors (Lipinski definition) is 8. The number of carbonyl (C=O) groups excluding carboxylic acids is 1. The zero-order valence-electron chi connectivity index (χ0n) is 17.4. The Morgan fingerprint density at radius 3 is 2.34 bits per heavy atom. The smallest absolute Gasteiger partial charge is 0.269 e. The molecule has 1 saturated heterocycles. The van der Waals surface area contributed by atoms with E-state index >= 15 is 0 Å². The van der Waals surface area contributed by atoms with E-state index < -0.39 is 4.92 Å². The molecule has 10 heteroatoms. The molecular formula is C22H22N6O4. The first-order chi connectivity index (χ1) is 15.5. The Hall–Kier alpha value is -4.05. The second-order valence-electron chi connectivity index (χ2n) is 7.22. The fourth-order valence-corrected chi connectivity index (χ4v) is 3.29. The second kappa shape index (κ2) is 9.40. The summed E-state index contributed by atoms with van der Waals surface area (Å²) >= 11 is 0. The van der Waals surface area contributed by atoms with Crippen LogP contribution in [0.15, 0.2) is 54.6 Å². The van der Waals surface area contributed by atoms with Gasteiger partial charge in [0.2, 0.25) is 0 Å². The maximum absolute atomic E-state index is 12.4. The van der Waals surface area contributed by atoms with Crippen molar-refractivity contribution in [3.8, 4) is 0 Å². The number of anilines is 4. The van der Waals surface area contributed by atoms with Crippen LogP contribution < -0.4 is 15.5 Å². The van der Waals surface area contributed by atoms with Gasteiger partial charge in [-0.3, -0.25) is 14.9 Å². The third kappa shape index (κ3) is 5.16. The highest BCUT2D eigenvalue weighted by atomic mass is 16.6. The van der Waals surface area contributed by atoms with E-state index in [2.05, 4.69) is 25.5 Å². The van der Waals surface area contributed by atoms with Crippen LogP contribution in [0.2, 0.25) is 0 Å². The van der Waals surface area contributed by atoms with Gasteiger partial charge in [0.25, 0.3) is 11.6 Å². The minimum atomic E-state index is -0.504. The molecule has 164 valence electrons. The van der Waals surface area contributed by atoms with Crippen LogP contribution in [-0.4, -0.2) is 47.1 Å². The summed E-state index contributed by atoms with van der Waals surface area (Å²) in [6.07, 6.45) is 0. The number of non-ortho nitro benzene ring substituents is 1. The Kier molecular flexibility index (Phi) is 6.22. The van der Waals surface area contributed by atoms with Crippen molar-refractivity contribution in [1.29, 1.82) is 0 Å². The van der Waals surface area contributed by atoms with Gasteiger partial charge in [-0.25, -0.2) is 9.97 Å². The van der Waals surface area contributed by atoms with Gasteiger partial charge in [-0.15, -0.1) is 0 Å². The summed E-state index contributed by atoms with van der Waals surface area (Å²) in [5.41, 5.74) is 1.69. The topological polar surface area (TPSA) is 123 Å². The first kappa shape index (κ1) is 21.2. The van der Waals surface area contributed by atoms with Gasteiger partial charge in [-0.1, -0.05) is 0 Å². The molecule has 1 fully saturated rings. The highest BCUT2D eigenvalue weighted by molar-refractivity contribution is 6.04. The Balaban J connectivity index is 1.41. The van der Waals surface area contributed by atoms with Gasteiger partial charge in [0.05, 0.1) is 18.1 Å². The Morgan fingerprint density at radius 2 is 1.69 bits per heavy atom. The van der Waals surface area contributed by atoms with E-state index in [4.69, 9.17) is 4.74 Å². The van der Waals surface area contributed by atoms with Crippen molar-refractivity contribution in [1.82, 2.24) is 9.97 Å². The molecule has 0 aliphatic carbocycles. The summed E-state index contributed by atoms with van der Waals surface area (Å²) in [6.45, 7) is 4.79. The highest BCUT2D eigenvalue weighted by Gasteiger charge is 2.14. The van der Waals surface area contributed by atoms with E-state index in [0.29, 0.717) is 36.1 Å². The molecular weight excluding hydrogens is 412 g/mol. The molecule has 3 aromatic rings. The third-order valence-corrected chi connectivity index (χ3v) is 4.91. The molecule has 10 nitrogen and oxygen atoms in total. The number of amides is 1. The lowest BCUT2D eigenvalue weighted by atomic mass is 10.2. The number of carbonyl (C=O) groups is 1. The molecule has 0 unspecified atom stereocenters. The molecule has 0 atom stereocenters. The molecule has 1 aromatic heterocycles. The summed E-state index contributed by atoms with van der Waals surface area (Å²) in [5, 5.41) is 16.8. The van der Waals surface area contributed by atoms with Gasteiger partial charge in [0.1, 0.15) is 17.5 Å². The van der Waals surface area contributed by atoms with Gasteiger partial charge >= 0.3 is 0 Å². The van der Waals surface area contributed by atoms with Crippen LogP contribution in [0.25, 0.3) is 0 Å². The Bertz CT molecular complexity index is 1110. The minimum Gasteiger partial charge on any atom is -0.378 e. The van der Waals surface area contributed by atoms with Crippen LogP contribution >= 0.6 is 0 Å². The number of nitro benzene ring substituents is 1. The van der Waals surface area contributed by atoms with Gasteiger partial charge < -0.3 is 20.3 Å². The number of morpholine rings is 1. The predicted octanol–water partition coefficient (Wildman–Crippen LogP) is 3.53. The average Bonchev–Trinajstić information content (AvgIpc) is 2.80. The highest BCUT2D eigenvalue weighted by Crippen LogP contribution is 2.22. The Labute approximate surface area is 184 Å². The van der Waals surface area contributed by atoms with Gasteiger partial charge in [0, 0.05) is 48.2 Å². The first-order valence-corrected chi connectivity index (χ1v) is 10.1. The lowest BCUT2D eigenvalue weighted by Crippen LogP contribution is -2.36. The number of nitro groups is 1. The number of hydrogen-bond donors (Lipinski definition) is 2. The molecule has 1 aliphatic heterocycles. The molecule has 0 spiro atoms. The molecule has 0 bridgehead atoms. The normalized spacial score (nSPS) is 13.5. The molecule has 2 aromatic carbocycles.